The lowest BCUT2D eigenvalue weighted by atomic mass is 10.2. The van der Waals surface area contributed by atoms with Gasteiger partial charge in [0.2, 0.25) is 15.9 Å². The molecule has 2 fully saturated rings. The quantitative estimate of drug-likeness (QED) is 0.717. The number of benzene rings is 1. The summed E-state index contributed by atoms with van der Waals surface area (Å²) >= 11 is 0. The summed E-state index contributed by atoms with van der Waals surface area (Å²) in [5, 5.41) is 0. The van der Waals surface area contributed by atoms with Crippen LogP contribution in [0, 0.1) is 6.92 Å². The first-order valence-corrected chi connectivity index (χ1v) is 11.0. The SMILES string of the molecule is COCCN1CC[C@H](N2CCCN(S(=O)(=O)c3cccc(C)c3)CC2)C1=O. The van der Waals surface area contributed by atoms with E-state index in [1.54, 1.807) is 29.6 Å². The zero-order valence-corrected chi connectivity index (χ0v) is 17.0. The van der Waals surface area contributed by atoms with Gasteiger partial charge in [0.25, 0.3) is 0 Å². The molecule has 0 saturated carbocycles. The number of hydrogen-bond donors (Lipinski definition) is 0. The monoisotopic (exact) mass is 395 g/mol. The van der Waals surface area contributed by atoms with E-state index in [1.807, 2.05) is 17.9 Å². The fourth-order valence-corrected chi connectivity index (χ4v) is 5.45. The van der Waals surface area contributed by atoms with E-state index >= 15 is 0 Å². The number of aryl methyl sites for hydroxylation is 1. The lowest BCUT2D eigenvalue weighted by molar-refractivity contribution is -0.132. The lowest BCUT2D eigenvalue weighted by Gasteiger charge is -2.26. The van der Waals surface area contributed by atoms with Crippen LogP contribution in [0.5, 0.6) is 0 Å². The fourth-order valence-electron chi connectivity index (χ4n) is 3.88. The molecule has 1 aromatic rings. The molecular weight excluding hydrogens is 366 g/mol. The molecule has 0 radical (unpaired) electrons. The highest BCUT2D eigenvalue weighted by Gasteiger charge is 2.37. The number of sulfonamides is 1. The van der Waals surface area contributed by atoms with Crippen LogP contribution < -0.4 is 0 Å². The van der Waals surface area contributed by atoms with Gasteiger partial charge in [-0.3, -0.25) is 9.69 Å². The molecule has 2 aliphatic heterocycles. The standard InChI is InChI=1S/C19H29N3O4S/c1-16-5-3-6-17(15-16)27(24,25)22-9-4-8-20(11-12-22)18-7-10-21(19(18)23)13-14-26-2/h3,5-6,15,18H,4,7-14H2,1-2H3/t18-/m0/s1. The second-order valence-corrected chi connectivity index (χ2v) is 9.17. The molecule has 0 unspecified atom stereocenters. The van der Waals surface area contributed by atoms with Gasteiger partial charge in [-0.05, 0) is 37.5 Å². The molecule has 0 spiro atoms. The second-order valence-electron chi connectivity index (χ2n) is 7.23. The highest BCUT2D eigenvalue weighted by Crippen LogP contribution is 2.22. The molecule has 0 bridgehead atoms. The normalized spacial score (nSPS) is 23.0. The van der Waals surface area contributed by atoms with Gasteiger partial charge in [0.15, 0.2) is 0 Å². The van der Waals surface area contributed by atoms with Crippen molar-refractivity contribution in [3.63, 3.8) is 0 Å². The van der Waals surface area contributed by atoms with Gasteiger partial charge in [0.05, 0.1) is 17.5 Å². The Labute approximate surface area is 161 Å². The molecule has 0 aromatic heterocycles. The number of ether oxygens (including phenoxy) is 1. The highest BCUT2D eigenvalue weighted by atomic mass is 32.2. The van der Waals surface area contributed by atoms with Gasteiger partial charge in [-0.1, -0.05) is 12.1 Å². The van der Waals surface area contributed by atoms with Crippen LogP contribution >= 0.6 is 0 Å². The number of nitrogens with zero attached hydrogens (tertiary/aromatic N) is 3. The number of likely N-dealkylation sites (tertiary alicyclic amines) is 1. The summed E-state index contributed by atoms with van der Waals surface area (Å²) in [6, 6.07) is 6.90. The maximum absolute atomic E-state index is 13.0. The van der Waals surface area contributed by atoms with E-state index in [2.05, 4.69) is 4.90 Å². The average Bonchev–Trinajstić information content (AvgIpc) is 2.85. The van der Waals surface area contributed by atoms with Crippen LogP contribution in [0.4, 0.5) is 0 Å². The molecule has 1 atom stereocenters. The smallest absolute Gasteiger partial charge is 0.243 e. The van der Waals surface area contributed by atoms with Crippen LogP contribution in [0.15, 0.2) is 29.2 Å². The lowest BCUT2D eigenvalue weighted by Crippen LogP contribution is -2.44. The Hall–Kier alpha value is -1.48. The first-order chi connectivity index (χ1) is 12.9. The maximum Gasteiger partial charge on any atom is 0.243 e. The third kappa shape index (κ3) is 4.51. The van der Waals surface area contributed by atoms with Crippen LogP contribution in [0.25, 0.3) is 0 Å². The number of carbonyl (C=O) groups is 1. The molecule has 0 aliphatic carbocycles. The summed E-state index contributed by atoms with van der Waals surface area (Å²) in [7, 11) is -1.86. The summed E-state index contributed by atoms with van der Waals surface area (Å²) in [5.41, 5.74) is 0.931. The molecule has 1 aromatic carbocycles. The first kappa shape index (κ1) is 20.3. The summed E-state index contributed by atoms with van der Waals surface area (Å²) in [5.74, 6) is 0.141. The van der Waals surface area contributed by atoms with Gasteiger partial charge in [-0.2, -0.15) is 4.31 Å². The topological polar surface area (TPSA) is 70.2 Å². The molecule has 2 aliphatic rings. The van der Waals surface area contributed by atoms with Crippen molar-refractivity contribution in [1.82, 2.24) is 14.1 Å². The highest BCUT2D eigenvalue weighted by molar-refractivity contribution is 7.89. The maximum atomic E-state index is 13.0. The summed E-state index contributed by atoms with van der Waals surface area (Å²) in [4.78, 5) is 17.0. The number of carbonyl (C=O) groups excluding carboxylic acids is 1. The van der Waals surface area contributed by atoms with E-state index in [0.29, 0.717) is 37.7 Å². The van der Waals surface area contributed by atoms with Crippen molar-refractivity contribution in [2.75, 3.05) is 53.0 Å². The Morgan fingerprint density at radius 1 is 1.15 bits per heavy atom. The van der Waals surface area contributed by atoms with Crippen molar-refractivity contribution < 1.29 is 17.9 Å². The Bertz CT molecular complexity index is 768. The van der Waals surface area contributed by atoms with Crippen molar-refractivity contribution in [2.24, 2.45) is 0 Å². The van der Waals surface area contributed by atoms with E-state index in [4.69, 9.17) is 4.74 Å². The third-order valence-electron chi connectivity index (χ3n) is 5.39. The minimum atomic E-state index is -3.50. The molecule has 0 N–H and O–H groups in total. The zero-order valence-electron chi connectivity index (χ0n) is 16.1. The summed E-state index contributed by atoms with van der Waals surface area (Å²) in [6.45, 7) is 6.03. The average molecular weight is 396 g/mol. The molecule has 7 nitrogen and oxygen atoms in total. The summed E-state index contributed by atoms with van der Waals surface area (Å²) < 4.78 is 32.6. The van der Waals surface area contributed by atoms with Crippen LogP contribution in [0.2, 0.25) is 0 Å². The van der Waals surface area contributed by atoms with Gasteiger partial charge in [0.1, 0.15) is 0 Å². The Morgan fingerprint density at radius 3 is 2.70 bits per heavy atom. The number of amides is 1. The number of hydrogen-bond acceptors (Lipinski definition) is 5. The van der Waals surface area contributed by atoms with Crippen molar-refractivity contribution >= 4 is 15.9 Å². The predicted octanol–water partition coefficient (Wildman–Crippen LogP) is 0.939. The van der Waals surface area contributed by atoms with E-state index in [0.717, 1.165) is 31.5 Å². The van der Waals surface area contributed by atoms with Crippen LogP contribution in [0.3, 0.4) is 0 Å². The van der Waals surface area contributed by atoms with Crippen molar-refractivity contribution in [3.8, 4) is 0 Å². The number of methoxy groups -OCH3 is 1. The molecular formula is C19H29N3O4S. The molecule has 2 saturated heterocycles. The number of rotatable bonds is 6. The molecule has 2 heterocycles. The van der Waals surface area contributed by atoms with Crippen LogP contribution in [0.1, 0.15) is 18.4 Å². The second kappa shape index (κ2) is 8.68. The molecule has 150 valence electrons. The van der Waals surface area contributed by atoms with Crippen molar-refractivity contribution in [1.29, 1.82) is 0 Å². The molecule has 8 heteroatoms. The third-order valence-corrected chi connectivity index (χ3v) is 7.29. The minimum absolute atomic E-state index is 0.136. The Balaban J connectivity index is 1.65. The molecule has 27 heavy (non-hydrogen) atoms. The van der Waals surface area contributed by atoms with Crippen LogP contribution in [-0.2, 0) is 19.6 Å². The first-order valence-electron chi connectivity index (χ1n) is 9.52. The van der Waals surface area contributed by atoms with Crippen molar-refractivity contribution in [2.45, 2.75) is 30.7 Å². The van der Waals surface area contributed by atoms with Crippen LogP contribution in [-0.4, -0.2) is 87.5 Å². The Kier molecular flexibility index (Phi) is 6.52. The van der Waals surface area contributed by atoms with Gasteiger partial charge in [0, 0.05) is 46.4 Å². The van der Waals surface area contributed by atoms with E-state index in [-0.39, 0.29) is 11.9 Å². The molecule has 1 amide bonds. The molecule has 3 rings (SSSR count). The van der Waals surface area contributed by atoms with E-state index in [9.17, 15) is 13.2 Å². The van der Waals surface area contributed by atoms with Gasteiger partial charge in [-0.25, -0.2) is 8.42 Å². The van der Waals surface area contributed by atoms with Gasteiger partial charge in [-0.15, -0.1) is 0 Å². The van der Waals surface area contributed by atoms with Gasteiger partial charge >= 0.3 is 0 Å². The Morgan fingerprint density at radius 2 is 1.96 bits per heavy atom. The summed E-state index contributed by atoms with van der Waals surface area (Å²) in [6.07, 6.45) is 1.53. The fraction of sp³-hybridized carbons (Fsp3) is 0.632. The van der Waals surface area contributed by atoms with Gasteiger partial charge < -0.3 is 9.64 Å². The zero-order chi connectivity index (χ0) is 19.4. The predicted molar refractivity (Wildman–Crippen MR) is 103 cm³/mol. The van der Waals surface area contributed by atoms with E-state index < -0.39 is 10.0 Å². The van der Waals surface area contributed by atoms with Crippen molar-refractivity contribution in [3.05, 3.63) is 29.8 Å². The largest absolute Gasteiger partial charge is 0.383 e. The van der Waals surface area contributed by atoms with E-state index in [1.165, 1.54) is 0 Å². The minimum Gasteiger partial charge on any atom is -0.383 e.